The smallest absolute Gasteiger partial charge is 0.239 e. The molecule has 1 aromatic carbocycles. The summed E-state index contributed by atoms with van der Waals surface area (Å²) in [5.41, 5.74) is 7.10. The first-order valence-corrected chi connectivity index (χ1v) is 7.41. The summed E-state index contributed by atoms with van der Waals surface area (Å²) in [5.74, 6) is -0.173. The predicted octanol–water partition coefficient (Wildman–Crippen LogP) is 0.963. The van der Waals surface area contributed by atoms with Crippen molar-refractivity contribution in [3.63, 3.8) is 0 Å². The van der Waals surface area contributed by atoms with E-state index >= 15 is 0 Å². The summed E-state index contributed by atoms with van der Waals surface area (Å²) >= 11 is 0. The average molecular weight is 326 g/mol. The molecule has 0 radical (unpaired) electrons. The number of nitrogens with two attached hydrogens (primary N) is 1. The number of nitrogens with one attached hydrogen (secondary N) is 1. The lowest BCUT2D eigenvalue weighted by Gasteiger charge is -2.33. The summed E-state index contributed by atoms with van der Waals surface area (Å²) in [7, 11) is 1.63. The van der Waals surface area contributed by atoms with Crippen molar-refractivity contribution in [1.29, 1.82) is 0 Å². The van der Waals surface area contributed by atoms with E-state index in [0.29, 0.717) is 19.5 Å². The third-order valence-corrected chi connectivity index (χ3v) is 3.97. The molecule has 1 aliphatic rings. The van der Waals surface area contributed by atoms with Gasteiger partial charge in [-0.1, -0.05) is 30.3 Å². The third kappa shape index (κ3) is 4.71. The van der Waals surface area contributed by atoms with Crippen LogP contribution >= 0.6 is 12.4 Å². The van der Waals surface area contributed by atoms with Crippen LogP contribution in [0.15, 0.2) is 30.3 Å². The largest absolute Gasteiger partial charge is 0.359 e. The van der Waals surface area contributed by atoms with E-state index < -0.39 is 6.04 Å². The van der Waals surface area contributed by atoms with Crippen molar-refractivity contribution in [3.8, 4) is 0 Å². The van der Waals surface area contributed by atoms with Gasteiger partial charge in [-0.2, -0.15) is 0 Å². The molecule has 0 spiro atoms. The molecule has 0 bridgehead atoms. The number of hydrogen-bond acceptors (Lipinski definition) is 3. The lowest BCUT2D eigenvalue weighted by molar-refractivity contribution is -0.136. The fraction of sp³-hybridized carbons (Fsp3) is 0.500. The number of amides is 2. The van der Waals surface area contributed by atoms with Crippen molar-refractivity contribution in [3.05, 3.63) is 35.9 Å². The number of nitrogens with zero attached hydrogens (tertiary/aromatic N) is 1. The highest BCUT2D eigenvalue weighted by Gasteiger charge is 2.30. The fourth-order valence-corrected chi connectivity index (χ4v) is 2.79. The van der Waals surface area contributed by atoms with E-state index in [1.54, 1.807) is 11.9 Å². The van der Waals surface area contributed by atoms with Gasteiger partial charge in [-0.15, -0.1) is 12.4 Å². The molecule has 2 rings (SSSR count). The number of hydrogen-bond donors (Lipinski definition) is 2. The van der Waals surface area contributed by atoms with E-state index in [-0.39, 0.29) is 30.1 Å². The number of halogens is 1. The molecule has 1 aliphatic heterocycles. The topological polar surface area (TPSA) is 75.4 Å². The monoisotopic (exact) mass is 325 g/mol. The summed E-state index contributed by atoms with van der Waals surface area (Å²) in [6, 6.07) is 9.21. The Morgan fingerprint density at radius 1 is 1.36 bits per heavy atom. The highest BCUT2D eigenvalue weighted by atomic mass is 35.5. The molecule has 22 heavy (non-hydrogen) atoms. The Bertz CT molecular complexity index is 495. The van der Waals surface area contributed by atoms with Crippen molar-refractivity contribution in [2.75, 3.05) is 20.1 Å². The molecule has 122 valence electrons. The van der Waals surface area contributed by atoms with Gasteiger partial charge in [0, 0.05) is 20.1 Å². The minimum atomic E-state index is -0.546. The first-order chi connectivity index (χ1) is 10.1. The maximum absolute atomic E-state index is 12.4. The standard InChI is InChI=1S/C16H23N3O2.ClH/c1-18-15(20)13-8-5-9-19(11-13)16(21)14(17)10-12-6-3-2-4-7-12;/h2-4,6-7,13-14H,5,8-11,17H2,1H3,(H,18,20);1H. The van der Waals surface area contributed by atoms with Crippen LogP contribution in [0.1, 0.15) is 18.4 Å². The van der Waals surface area contributed by atoms with Crippen molar-refractivity contribution < 1.29 is 9.59 Å². The zero-order valence-electron chi connectivity index (χ0n) is 12.8. The van der Waals surface area contributed by atoms with E-state index in [0.717, 1.165) is 18.4 Å². The van der Waals surface area contributed by atoms with Crippen molar-refractivity contribution in [2.24, 2.45) is 11.7 Å². The summed E-state index contributed by atoms with van der Waals surface area (Å²) < 4.78 is 0. The summed E-state index contributed by atoms with van der Waals surface area (Å²) in [5, 5.41) is 2.66. The molecule has 5 nitrogen and oxygen atoms in total. The van der Waals surface area contributed by atoms with Crippen LogP contribution in [-0.4, -0.2) is 42.9 Å². The van der Waals surface area contributed by atoms with Crippen LogP contribution in [0, 0.1) is 5.92 Å². The van der Waals surface area contributed by atoms with Crippen LogP contribution in [0.25, 0.3) is 0 Å². The van der Waals surface area contributed by atoms with E-state index in [9.17, 15) is 9.59 Å². The molecule has 6 heteroatoms. The molecule has 0 aromatic heterocycles. The number of carbonyl (C=O) groups is 2. The fourth-order valence-electron chi connectivity index (χ4n) is 2.79. The van der Waals surface area contributed by atoms with Gasteiger partial charge < -0.3 is 16.0 Å². The lowest BCUT2D eigenvalue weighted by Crippen LogP contribution is -2.50. The minimum Gasteiger partial charge on any atom is -0.359 e. The molecule has 2 atom stereocenters. The Kier molecular flexibility index (Phi) is 7.35. The SMILES string of the molecule is CNC(=O)C1CCCN(C(=O)C(N)Cc2ccccc2)C1.Cl. The molecule has 3 N–H and O–H groups in total. The van der Waals surface area contributed by atoms with Gasteiger partial charge in [-0.05, 0) is 24.8 Å². The van der Waals surface area contributed by atoms with E-state index in [4.69, 9.17) is 5.73 Å². The van der Waals surface area contributed by atoms with Gasteiger partial charge in [0.2, 0.25) is 11.8 Å². The Labute approximate surface area is 137 Å². The molecule has 0 saturated carbocycles. The van der Waals surface area contributed by atoms with Gasteiger partial charge in [0.1, 0.15) is 0 Å². The molecule has 2 amide bonds. The van der Waals surface area contributed by atoms with Crippen molar-refractivity contribution in [1.82, 2.24) is 10.2 Å². The second-order valence-electron chi connectivity index (χ2n) is 5.53. The first-order valence-electron chi connectivity index (χ1n) is 7.41. The molecule has 0 aliphatic carbocycles. The summed E-state index contributed by atoms with van der Waals surface area (Å²) in [6.07, 6.45) is 2.21. The molecule has 1 fully saturated rings. The van der Waals surface area contributed by atoms with Gasteiger partial charge >= 0.3 is 0 Å². The summed E-state index contributed by atoms with van der Waals surface area (Å²) in [6.45, 7) is 1.16. The second kappa shape index (κ2) is 8.76. The normalized spacial score (nSPS) is 19.0. The van der Waals surface area contributed by atoms with Crippen LogP contribution in [0.3, 0.4) is 0 Å². The van der Waals surface area contributed by atoms with E-state index in [2.05, 4.69) is 5.32 Å². The first kappa shape index (κ1) is 18.5. The van der Waals surface area contributed by atoms with E-state index in [1.807, 2.05) is 30.3 Å². The lowest BCUT2D eigenvalue weighted by atomic mass is 9.96. The second-order valence-corrected chi connectivity index (χ2v) is 5.53. The molecular formula is C16H24ClN3O2. The van der Waals surface area contributed by atoms with Gasteiger partial charge in [0.15, 0.2) is 0 Å². The number of carbonyl (C=O) groups excluding carboxylic acids is 2. The Balaban J connectivity index is 0.00000242. The third-order valence-electron chi connectivity index (χ3n) is 3.97. The average Bonchev–Trinajstić information content (AvgIpc) is 2.54. The van der Waals surface area contributed by atoms with Gasteiger partial charge in [0.25, 0.3) is 0 Å². The Morgan fingerprint density at radius 3 is 2.68 bits per heavy atom. The zero-order chi connectivity index (χ0) is 15.2. The van der Waals surface area contributed by atoms with Crippen LogP contribution in [0.4, 0.5) is 0 Å². The molecule has 2 unspecified atom stereocenters. The van der Waals surface area contributed by atoms with Crippen LogP contribution < -0.4 is 11.1 Å². The highest BCUT2D eigenvalue weighted by Crippen LogP contribution is 2.17. The molecule has 1 heterocycles. The molecule has 1 aromatic rings. The highest BCUT2D eigenvalue weighted by molar-refractivity contribution is 5.85. The van der Waals surface area contributed by atoms with Gasteiger partial charge in [0.05, 0.1) is 12.0 Å². The van der Waals surface area contributed by atoms with Crippen LogP contribution in [0.2, 0.25) is 0 Å². The Hall–Kier alpha value is -1.59. The van der Waals surface area contributed by atoms with Gasteiger partial charge in [-0.3, -0.25) is 9.59 Å². The van der Waals surface area contributed by atoms with Crippen LogP contribution in [-0.2, 0) is 16.0 Å². The van der Waals surface area contributed by atoms with Crippen LogP contribution in [0.5, 0.6) is 0 Å². The molecular weight excluding hydrogens is 302 g/mol. The Morgan fingerprint density at radius 2 is 2.05 bits per heavy atom. The molecule has 1 saturated heterocycles. The number of piperidine rings is 1. The number of likely N-dealkylation sites (tertiary alicyclic amines) is 1. The number of benzene rings is 1. The maximum atomic E-state index is 12.4. The predicted molar refractivity (Wildman–Crippen MR) is 88.7 cm³/mol. The quantitative estimate of drug-likeness (QED) is 0.866. The zero-order valence-corrected chi connectivity index (χ0v) is 13.6. The van der Waals surface area contributed by atoms with E-state index in [1.165, 1.54) is 0 Å². The van der Waals surface area contributed by atoms with Crippen molar-refractivity contribution in [2.45, 2.75) is 25.3 Å². The minimum absolute atomic E-state index is 0. The summed E-state index contributed by atoms with van der Waals surface area (Å²) in [4.78, 5) is 25.9. The number of rotatable bonds is 4. The van der Waals surface area contributed by atoms with Crippen molar-refractivity contribution >= 4 is 24.2 Å². The van der Waals surface area contributed by atoms with Gasteiger partial charge in [-0.25, -0.2) is 0 Å². The maximum Gasteiger partial charge on any atom is 0.239 e.